The number of nitrogens with one attached hydrogen (secondary N) is 1. The Morgan fingerprint density at radius 2 is 1.96 bits per heavy atom. The minimum Gasteiger partial charge on any atom is -0.494 e. The average molecular weight is 348 g/mol. The van der Waals surface area contributed by atoms with Crippen molar-refractivity contribution in [2.75, 3.05) is 6.61 Å². The lowest BCUT2D eigenvalue weighted by molar-refractivity contribution is -0.141. The molecule has 1 aromatic carbocycles. The Morgan fingerprint density at radius 1 is 1.29 bits per heavy atom. The molecule has 0 fully saturated rings. The largest absolute Gasteiger partial charge is 0.494 e. The monoisotopic (exact) mass is 348 g/mol. The highest BCUT2D eigenvalue weighted by atomic mass is 32.1. The maximum absolute atomic E-state index is 12.2. The molecule has 1 amide bonds. The van der Waals surface area contributed by atoms with Gasteiger partial charge in [0.1, 0.15) is 16.5 Å². The third-order valence-electron chi connectivity index (χ3n) is 3.65. The smallest absolute Gasteiger partial charge is 0.308 e. The molecule has 1 heterocycles. The number of hydrogen-bond donors (Lipinski definition) is 2. The zero-order valence-electron chi connectivity index (χ0n) is 13.8. The number of hydrogen-bond acceptors (Lipinski definition) is 5. The quantitative estimate of drug-likeness (QED) is 0.803. The number of aliphatic carboxylic acids is 1. The van der Waals surface area contributed by atoms with Crippen molar-refractivity contribution in [3.05, 3.63) is 35.3 Å². The topological polar surface area (TPSA) is 88.5 Å². The maximum Gasteiger partial charge on any atom is 0.308 e. The standard InChI is InChI=1S/C17H20N2O4S/c1-4-23-13-7-5-12(6-8-13)16-19-14(9-24-16)15(20)18-11(3)10(2)17(21)22/h5-11H,4H2,1-3H3,(H,18,20)(H,21,22). The lowest BCUT2D eigenvalue weighted by Crippen LogP contribution is -2.40. The van der Waals surface area contributed by atoms with Crippen molar-refractivity contribution in [3.8, 4) is 16.3 Å². The average Bonchev–Trinajstić information content (AvgIpc) is 3.05. The number of benzene rings is 1. The lowest BCUT2D eigenvalue weighted by atomic mass is 10.0. The molecule has 2 aromatic rings. The number of aromatic nitrogens is 1. The highest BCUT2D eigenvalue weighted by Crippen LogP contribution is 2.25. The molecule has 7 heteroatoms. The number of carbonyl (C=O) groups is 2. The van der Waals surface area contributed by atoms with E-state index in [1.807, 2.05) is 31.2 Å². The highest BCUT2D eigenvalue weighted by molar-refractivity contribution is 7.13. The SMILES string of the molecule is CCOc1ccc(-c2nc(C(=O)NC(C)C(C)C(=O)O)cs2)cc1. The molecule has 2 N–H and O–H groups in total. The number of carbonyl (C=O) groups excluding carboxylic acids is 1. The summed E-state index contributed by atoms with van der Waals surface area (Å²) in [6.45, 7) is 5.75. The molecule has 2 atom stereocenters. The molecule has 24 heavy (non-hydrogen) atoms. The van der Waals surface area contributed by atoms with Gasteiger partial charge in [0.25, 0.3) is 5.91 Å². The lowest BCUT2D eigenvalue weighted by Gasteiger charge is -2.16. The molecule has 0 saturated heterocycles. The zero-order valence-corrected chi connectivity index (χ0v) is 14.6. The molecule has 0 bridgehead atoms. The number of amides is 1. The summed E-state index contributed by atoms with van der Waals surface area (Å²) in [5.74, 6) is -1.20. The van der Waals surface area contributed by atoms with E-state index in [1.165, 1.54) is 11.3 Å². The summed E-state index contributed by atoms with van der Waals surface area (Å²) < 4.78 is 5.40. The number of nitrogens with zero attached hydrogens (tertiary/aromatic N) is 1. The van der Waals surface area contributed by atoms with E-state index in [9.17, 15) is 9.59 Å². The van der Waals surface area contributed by atoms with Gasteiger partial charge in [0, 0.05) is 17.0 Å². The molecular weight excluding hydrogens is 328 g/mol. The van der Waals surface area contributed by atoms with Crippen LogP contribution in [0.5, 0.6) is 5.75 Å². The fourth-order valence-electron chi connectivity index (χ4n) is 1.99. The van der Waals surface area contributed by atoms with Gasteiger partial charge in [0.15, 0.2) is 0 Å². The van der Waals surface area contributed by atoms with Crippen LogP contribution in [0.15, 0.2) is 29.6 Å². The van der Waals surface area contributed by atoms with E-state index in [1.54, 1.807) is 19.2 Å². The van der Waals surface area contributed by atoms with Crippen LogP contribution in [0.2, 0.25) is 0 Å². The first-order valence-electron chi connectivity index (χ1n) is 7.64. The van der Waals surface area contributed by atoms with Gasteiger partial charge >= 0.3 is 5.97 Å². The number of carboxylic acid groups (broad SMARTS) is 1. The van der Waals surface area contributed by atoms with Gasteiger partial charge in [0.2, 0.25) is 0 Å². The summed E-state index contributed by atoms with van der Waals surface area (Å²) in [7, 11) is 0. The molecule has 128 valence electrons. The predicted octanol–water partition coefficient (Wildman–Crippen LogP) is 3.05. The Morgan fingerprint density at radius 3 is 2.54 bits per heavy atom. The number of rotatable bonds is 7. The van der Waals surface area contributed by atoms with Crippen LogP contribution in [0.4, 0.5) is 0 Å². The van der Waals surface area contributed by atoms with Crippen molar-refractivity contribution in [2.24, 2.45) is 5.92 Å². The van der Waals surface area contributed by atoms with E-state index >= 15 is 0 Å². The Balaban J connectivity index is 2.06. The normalized spacial score (nSPS) is 13.1. The molecule has 0 radical (unpaired) electrons. The first-order valence-corrected chi connectivity index (χ1v) is 8.52. The second kappa shape index (κ2) is 7.92. The Kier molecular flexibility index (Phi) is 5.92. The van der Waals surface area contributed by atoms with Gasteiger partial charge in [-0.2, -0.15) is 0 Å². The molecule has 2 unspecified atom stereocenters. The van der Waals surface area contributed by atoms with E-state index < -0.39 is 17.9 Å². The maximum atomic E-state index is 12.2. The van der Waals surface area contributed by atoms with Crippen molar-refractivity contribution >= 4 is 23.2 Å². The summed E-state index contributed by atoms with van der Waals surface area (Å²) in [5.41, 5.74) is 1.18. The van der Waals surface area contributed by atoms with Crippen LogP contribution in [0.1, 0.15) is 31.3 Å². The molecule has 0 spiro atoms. The van der Waals surface area contributed by atoms with Gasteiger partial charge < -0.3 is 15.2 Å². The minimum atomic E-state index is -0.948. The van der Waals surface area contributed by atoms with Gasteiger partial charge in [-0.1, -0.05) is 0 Å². The molecule has 6 nitrogen and oxygen atoms in total. The second-order valence-electron chi connectivity index (χ2n) is 5.38. The molecule has 1 aromatic heterocycles. The minimum absolute atomic E-state index is 0.285. The second-order valence-corrected chi connectivity index (χ2v) is 6.24. The third kappa shape index (κ3) is 4.32. The molecule has 0 aliphatic rings. The fraction of sp³-hybridized carbons (Fsp3) is 0.353. The van der Waals surface area contributed by atoms with E-state index in [4.69, 9.17) is 9.84 Å². The Labute approximate surface area is 144 Å². The van der Waals surface area contributed by atoms with Crippen LogP contribution in [-0.2, 0) is 4.79 Å². The van der Waals surface area contributed by atoms with E-state index in [-0.39, 0.29) is 11.6 Å². The number of carboxylic acids is 1. The number of ether oxygens (including phenoxy) is 1. The molecular formula is C17H20N2O4S. The third-order valence-corrected chi connectivity index (χ3v) is 4.54. The van der Waals surface area contributed by atoms with Crippen LogP contribution in [0.3, 0.4) is 0 Å². The van der Waals surface area contributed by atoms with Gasteiger partial charge in [-0.3, -0.25) is 9.59 Å². The molecule has 2 rings (SSSR count). The van der Waals surface area contributed by atoms with Crippen molar-refractivity contribution < 1.29 is 19.4 Å². The predicted molar refractivity (Wildman–Crippen MR) is 92.4 cm³/mol. The first kappa shape index (κ1) is 17.9. The van der Waals surface area contributed by atoms with Gasteiger partial charge in [0.05, 0.1) is 12.5 Å². The summed E-state index contributed by atoms with van der Waals surface area (Å²) >= 11 is 1.36. The summed E-state index contributed by atoms with van der Waals surface area (Å²) in [6.07, 6.45) is 0. The van der Waals surface area contributed by atoms with E-state index in [2.05, 4.69) is 10.3 Å². The van der Waals surface area contributed by atoms with Crippen LogP contribution >= 0.6 is 11.3 Å². The van der Waals surface area contributed by atoms with E-state index in [0.717, 1.165) is 16.3 Å². The van der Waals surface area contributed by atoms with Crippen molar-refractivity contribution in [1.29, 1.82) is 0 Å². The van der Waals surface area contributed by atoms with Gasteiger partial charge in [-0.15, -0.1) is 11.3 Å². The summed E-state index contributed by atoms with van der Waals surface area (Å²) in [6, 6.07) is 7.01. The van der Waals surface area contributed by atoms with Crippen molar-refractivity contribution in [2.45, 2.75) is 26.8 Å². The summed E-state index contributed by atoms with van der Waals surface area (Å²) in [4.78, 5) is 27.5. The Hall–Kier alpha value is -2.41. The van der Waals surface area contributed by atoms with Crippen molar-refractivity contribution in [3.63, 3.8) is 0 Å². The van der Waals surface area contributed by atoms with Crippen LogP contribution in [0.25, 0.3) is 10.6 Å². The molecule has 0 aliphatic carbocycles. The Bertz CT molecular complexity index is 712. The summed E-state index contributed by atoms with van der Waals surface area (Å²) in [5, 5.41) is 14.0. The van der Waals surface area contributed by atoms with Crippen LogP contribution < -0.4 is 10.1 Å². The molecule has 0 saturated carbocycles. The van der Waals surface area contributed by atoms with Gasteiger partial charge in [-0.25, -0.2) is 4.98 Å². The van der Waals surface area contributed by atoms with Crippen LogP contribution in [-0.4, -0.2) is 34.6 Å². The number of thiazole rings is 1. The van der Waals surface area contributed by atoms with E-state index in [0.29, 0.717) is 6.61 Å². The zero-order chi connectivity index (χ0) is 17.7. The first-order chi connectivity index (χ1) is 11.4. The molecule has 0 aliphatic heterocycles. The fourth-order valence-corrected chi connectivity index (χ4v) is 2.80. The highest BCUT2D eigenvalue weighted by Gasteiger charge is 2.22. The van der Waals surface area contributed by atoms with Crippen LogP contribution in [0, 0.1) is 5.92 Å². The van der Waals surface area contributed by atoms with Crippen molar-refractivity contribution in [1.82, 2.24) is 10.3 Å². The van der Waals surface area contributed by atoms with Gasteiger partial charge in [-0.05, 0) is 45.0 Å².